The number of phenolic OH excluding ortho intramolecular Hbond substituents is 1. The number of hydrogen-bond acceptors (Lipinski definition) is 5. The number of hydrazone groups is 1. The van der Waals surface area contributed by atoms with Crippen LogP contribution in [0.2, 0.25) is 0 Å². The highest BCUT2D eigenvalue weighted by molar-refractivity contribution is 5.94. The second-order valence-corrected chi connectivity index (χ2v) is 5.38. The van der Waals surface area contributed by atoms with Crippen molar-refractivity contribution >= 4 is 12.1 Å². The molecule has 0 aliphatic heterocycles. The molecule has 0 radical (unpaired) electrons. The number of para-hydroxylation sites is 1. The molecular weight excluding hydrogens is 332 g/mol. The Kier molecular flexibility index (Phi) is 5.28. The van der Waals surface area contributed by atoms with Crippen molar-refractivity contribution in [2.24, 2.45) is 5.10 Å². The number of aromatic amines is 1. The van der Waals surface area contributed by atoms with Crippen LogP contribution in [0.5, 0.6) is 11.5 Å². The summed E-state index contributed by atoms with van der Waals surface area (Å²) in [6.45, 7) is 2.53. The molecule has 26 heavy (non-hydrogen) atoms. The Morgan fingerprint density at radius 2 is 2.04 bits per heavy atom. The van der Waals surface area contributed by atoms with Gasteiger partial charge in [-0.3, -0.25) is 9.89 Å². The lowest BCUT2D eigenvalue weighted by Gasteiger charge is -2.02. The number of benzene rings is 2. The van der Waals surface area contributed by atoms with Crippen molar-refractivity contribution in [2.75, 3.05) is 6.61 Å². The van der Waals surface area contributed by atoms with E-state index in [4.69, 9.17) is 4.74 Å². The van der Waals surface area contributed by atoms with Gasteiger partial charge in [-0.05, 0) is 49.4 Å². The largest absolute Gasteiger partial charge is 0.507 e. The number of H-pyrrole nitrogens is 1. The zero-order valence-corrected chi connectivity index (χ0v) is 14.1. The second kappa shape index (κ2) is 7.98. The van der Waals surface area contributed by atoms with Gasteiger partial charge in [0.25, 0.3) is 5.91 Å². The molecule has 0 saturated heterocycles. The molecule has 7 nitrogen and oxygen atoms in total. The van der Waals surface area contributed by atoms with Gasteiger partial charge < -0.3 is 9.84 Å². The molecule has 0 unspecified atom stereocenters. The normalized spacial score (nSPS) is 10.8. The van der Waals surface area contributed by atoms with Crippen molar-refractivity contribution in [3.8, 4) is 22.8 Å². The molecule has 7 heteroatoms. The number of aromatic nitrogens is 2. The summed E-state index contributed by atoms with van der Waals surface area (Å²) in [7, 11) is 0. The number of hydrogen-bond donors (Lipinski definition) is 3. The average Bonchev–Trinajstić information content (AvgIpc) is 3.14. The monoisotopic (exact) mass is 350 g/mol. The Hall–Kier alpha value is -3.61. The molecular formula is C19H18N4O3. The maximum Gasteiger partial charge on any atom is 0.289 e. The van der Waals surface area contributed by atoms with E-state index in [0.717, 1.165) is 11.3 Å². The molecule has 1 aromatic heterocycles. The number of nitrogens with zero attached hydrogens (tertiary/aromatic N) is 2. The quantitative estimate of drug-likeness (QED) is 0.470. The van der Waals surface area contributed by atoms with Crippen molar-refractivity contribution in [2.45, 2.75) is 6.92 Å². The van der Waals surface area contributed by atoms with E-state index in [9.17, 15) is 9.90 Å². The smallest absolute Gasteiger partial charge is 0.289 e. The predicted octanol–water partition coefficient (Wildman–Crippen LogP) is 2.94. The van der Waals surface area contributed by atoms with Gasteiger partial charge in [0.15, 0.2) is 0 Å². The van der Waals surface area contributed by atoms with E-state index in [1.165, 1.54) is 6.21 Å². The van der Waals surface area contributed by atoms with Crippen LogP contribution in [0.4, 0.5) is 0 Å². The summed E-state index contributed by atoms with van der Waals surface area (Å²) in [4.78, 5) is 12.1. The van der Waals surface area contributed by atoms with Gasteiger partial charge in [0.1, 0.15) is 17.2 Å². The average molecular weight is 350 g/mol. The number of carbonyl (C=O) groups is 1. The van der Waals surface area contributed by atoms with E-state index < -0.39 is 5.91 Å². The first-order chi connectivity index (χ1) is 12.7. The van der Waals surface area contributed by atoms with Crippen LogP contribution in [0.3, 0.4) is 0 Å². The van der Waals surface area contributed by atoms with Gasteiger partial charge >= 0.3 is 0 Å². The van der Waals surface area contributed by atoms with Crippen LogP contribution < -0.4 is 10.2 Å². The van der Waals surface area contributed by atoms with Gasteiger partial charge in [0.2, 0.25) is 0 Å². The van der Waals surface area contributed by atoms with E-state index in [1.807, 2.05) is 31.2 Å². The van der Waals surface area contributed by atoms with Crippen molar-refractivity contribution < 1.29 is 14.6 Å². The molecule has 3 rings (SSSR count). The second-order valence-electron chi connectivity index (χ2n) is 5.38. The van der Waals surface area contributed by atoms with Gasteiger partial charge in [-0.15, -0.1) is 0 Å². The third kappa shape index (κ3) is 4.07. The molecule has 0 fully saturated rings. The van der Waals surface area contributed by atoms with Crippen LogP contribution in [-0.2, 0) is 0 Å². The van der Waals surface area contributed by atoms with Gasteiger partial charge in [-0.25, -0.2) is 5.43 Å². The Bertz CT molecular complexity index is 917. The number of amides is 1. The topological polar surface area (TPSA) is 99.6 Å². The van der Waals surface area contributed by atoms with Gasteiger partial charge in [-0.1, -0.05) is 12.1 Å². The first-order valence-corrected chi connectivity index (χ1v) is 8.07. The maximum atomic E-state index is 12.1. The molecule has 3 aromatic rings. The molecule has 0 spiro atoms. The fourth-order valence-corrected chi connectivity index (χ4v) is 2.29. The van der Waals surface area contributed by atoms with Gasteiger partial charge in [0, 0.05) is 11.1 Å². The minimum absolute atomic E-state index is 0.0878. The molecule has 1 amide bonds. The van der Waals surface area contributed by atoms with Crippen molar-refractivity contribution in [3.05, 3.63) is 65.9 Å². The summed E-state index contributed by atoms with van der Waals surface area (Å²) < 4.78 is 5.40. The molecule has 1 heterocycles. The Labute approximate surface area is 150 Å². The van der Waals surface area contributed by atoms with E-state index in [-0.39, 0.29) is 11.4 Å². The molecule has 0 saturated carbocycles. The minimum atomic E-state index is -0.429. The maximum absolute atomic E-state index is 12.1. The SMILES string of the molecule is CCOc1ccc(-c2cc(C(=O)N/N=C/c3ccccc3O)[nH]n2)cc1. The summed E-state index contributed by atoms with van der Waals surface area (Å²) in [6.07, 6.45) is 1.37. The van der Waals surface area contributed by atoms with Crippen LogP contribution in [0, 0.1) is 0 Å². The summed E-state index contributed by atoms with van der Waals surface area (Å²) in [5.41, 5.74) is 4.69. The summed E-state index contributed by atoms with van der Waals surface area (Å²) in [6, 6.07) is 15.8. The number of aromatic hydroxyl groups is 1. The van der Waals surface area contributed by atoms with Gasteiger partial charge in [0.05, 0.1) is 18.5 Å². The number of phenols is 1. The number of ether oxygens (including phenoxy) is 1. The van der Waals surface area contributed by atoms with E-state index in [2.05, 4.69) is 20.7 Å². The first kappa shape index (κ1) is 17.2. The van der Waals surface area contributed by atoms with Gasteiger partial charge in [-0.2, -0.15) is 10.2 Å². The third-order valence-corrected chi connectivity index (χ3v) is 3.59. The highest BCUT2D eigenvalue weighted by Gasteiger charge is 2.10. The number of nitrogens with one attached hydrogen (secondary N) is 2. The first-order valence-electron chi connectivity index (χ1n) is 8.07. The number of rotatable bonds is 6. The molecule has 132 valence electrons. The summed E-state index contributed by atoms with van der Waals surface area (Å²) in [5.74, 6) is 0.439. The lowest BCUT2D eigenvalue weighted by molar-refractivity contribution is 0.0950. The lowest BCUT2D eigenvalue weighted by atomic mass is 10.1. The lowest BCUT2D eigenvalue weighted by Crippen LogP contribution is -2.18. The Morgan fingerprint density at radius 1 is 1.27 bits per heavy atom. The summed E-state index contributed by atoms with van der Waals surface area (Å²) in [5, 5.41) is 20.3. The number of carbonyl (C=O) groups excluding carboxylic acids is 1. The van der Waals surface area contributed by atoms with Crippen LogP contribution in [0.25, 0.3) is 11.3 Å². The highest BCUT2D eigenvalue weighted by atomic mass is 16.5. The molecule has 0 bridgehead atoms. The standard InChI is InChI=1S/C19H18N4O3/c1-2-26-15-9-7-13(8-10-15)16-11-17(22-21-16)19(25)23-20-12-14-5-3-4-6-18(14)24/h3-12,24H,2H2,1H3,(H,21,22)(H,23,25)/b20-12+. The fraction of sp³-hybridized carbons (Fsp3) is 0.105. The fourth-order valence-electron chi connectivity index (χ4n) is 2.29. The molecule has 0 aliphatic rings. The van der Waals surface area contributed by atoms with Crippen LogP contribution >= 0.6 is 0 Å². The summed E-state index contributed by atoms with van der Waals surface area (Å²) >= 11 is 0. The minimum Gasteiger partial charge on any atom is -0.507 e. The molecule has 0 aliphatic carbocycles. The van der Waals surface area contributed by atoms with E-state index in [1.54, 1.807) is 30.3 Å². The van der Waals surface area contributed by atoms with Crippen LogP contribution in [-0.4, -0.2) is 34.0 Å². The third-order valence-electron chi connectivity index (χ3n) is 3.59. The zero-order chi connectivity index (χ0) is 18.4. The molecule has 0 atom stereocenters. The zero-order valence-electron chi connectivity index (χ0n) is 14.1. The van der Waals surface area contributed by atoms with Crippen LogP contribution in [0.15, 0.2) is 59.7 Å². The predicted molar refractivity (Wildman–Crippen MR) is 98.4 cm³/mol. The molecule has 2 aromatic carbocycles. The van der Waals surface area contributed by atoms with E-state index >= 15 is 0 Å². The Morgan fingerprint density at radius 3 is 2.77 bits per heavy atom. The highest BCUT2D eigenvalue weighted by Crippen LogP contribution is 2.21. The van der Waals surface area contributed by atoms with Crippen molar-refractivity contribution in [1.29, 1.82) is 0 Å². The molecule has 3 N–H and O–H groups in total. The van der Waals surface area contributed by atoms with Crippen molar-refractivity contribution in [3.63, 3.8) is 0 Å². The van der Waals surface area contributed by atoms with E-state index in [0.29, 0.717) is 17.9 Å². The van der Waals surface area contributed by atoms with Crippen LogP contribution in [0.1, 0.15) is 23.0 Å². The Balaban J connectivity index is 1.65. The van der Waals surface area contributed by atoms with Crippen molar-refractivity contribution in [1.82, 2.24) is 15.6 Å².